The van der Waals surface area contributed by atoms with Gasteiger partial charge in [0.05, 0.1) is 13.7 Å². The Bertz CT molecular complexity index is 1160. The third kappa shape index (κ3) is 8.61. The van der Waals surface area contributed by atoms with E-state index in [9.17, 15) is 0 Å². The van der Waals surface area contributed by atoms with Crippen LogP contribution in [0.25, 0.3) is 0 Å². The van der Waals surface area contributed by atoms with Gasteiger partial charge in [-0.25, -0.2) is 0 Å². The molecule has 4 heteroatoms. The Morgan fingerprint density at radius 1 is 0.881 bits per heavy atom. The highest BCUT2D eigenvalue weighted by Gasteiger charge is 2.53. The minimum absolute atomic E-state index is 0.0213. The first-order chi connectivity index (χ1) is 19.5. The van der Waals surface area contributed by atoms with Crippen LogP contribution in [0.1, 0.15) is 66.2 Å². The lowest BCUT2D eigenvalue weighted by atomic mass is 9.85. The minimum atomic E-state index is -1.82. The molecule has 0 spiro atoms. The van der Waals surface area contributed by atoms with Crippen LogP contribution in [0.4, 0.5) is 0 Å². The predicted molar refractivity (Wildman–Crippen MR) is 196 cm³/mol. The zero-order chi connectivity index (χ0) is 30.9. The summed E-state index contributed by atoms with van der Waals surface area (Å²) in [6, 6.07) is 4.23. The van der Waals surface area contributed by atoms with Gasteiger partial charge in [0.25, 0.3) is 0 Å². The second kappa shape index (κ2) is 13.2. The van der Waals surface area contributed by atoms with Crippen LogP contribution in [-0.4, -0.2) is 36.4 Å². The maximum Gasteiger partial charge on any atom is 0.0881 e. The fourth-order valence-corrected chi connectivity index (χ4v) is 17.3. The van der Waals surface area contributed by atoms with Gasteiger partial charge >= 0.3 is 0 Å². The van der Waals surface area contributed by atoms with Gasteiger partial charge in [0.1, 0.15) is 0 Å². The standard InChI is InChI=1S/C38H64OSi3/c1-29-20-21-33-31(28-41(8,9)10)26-37(35(33)24-29)42(11,23-17-13-12-16-22-39-38(2,3)4)36-25-30(27-40(5,6)7)32-18-14-15-19-34(32)36/h14,18-21,24-25,31,33,35,37H,12-13,15-17,22-23,26-28H2,1-11H3. The summed E-state index contributed by atoms with van der Waals surface area (Å²) in [5.74, 6) is 2.35. The highest BCUT2D eigenvalue weighted by molar-refractivity contribution is 6.88. The summed E-state index contributed by atoms with van der Waals surface area (Å²) in [5, 5.41) is 1.84. The summed E-state index contributed by atoms with van der Waals surface area (Å²) in [5.41, 5.74) is 7.26. The molecule has 42 heavy (non-hydrogen) atoms. The molecule has 234 valence electrons. The highest BCUT2D eigenvalue weighted by Crippen LogP contribution is 2.59. The summed E-state index contributed by atoms with van der Waals surface area (Å²) in [7, 11) is -4.20. The summed E-state index contributed by atoms with van der Waals surface area (Å²) >= 11 is 0. The van der Waals surface area contributed by atoms with Crippen molar-refractivity contribution in [2.24, 2.45) is 17.8 Å². The van der Waals surface area contributed by atoms with E-state index in [4.69, 9.17) is 4.74 Å². The molecule has 0 aromatic rings. The van der Waals surface area contributed by atoms with Crippen LogP contribution in [0, 0.1) is 17.8 Å². The van der Waals surface area contributed by atoms with Crippen molar-refractivity contribution in [2.45, 2.75) is 141 Å². The second-order valence-corrected chi connectivity index (χ2v) is 33.4. The van der Waals surface area contributed by atoms with Crippen molar-refractivity contribution in [2.75, 3.05) is 6.61 Å². The molecule has 0 N–H and O–H groups in total. The third-order valence-electron chi connectivity index (χ3n) is 10.2. The van der Waals surface area contributed by atoms with Gasteiger partial charge in [0.15, 0.2) is 0 Å². The van der Waals surface area contributed by atoms with E-state index in [1.54, 1.807) is 16.7 Å². The summed E-state index contributed by atoms with van der Waals surface area (Å²) in [4.78, 5) is 0. The molecular weight excluding hydrogens is 557 g/mol. The highest BCUT2D eigenvalue weighted by atomic mass is 28.3. The SMILES string of the molecule is CC1=CC2C(C=C1)C(C[Si](C)(C)C)CC2[Si](C)(CCCCCCOC(C)(C)C)C1=CC(C[Si](C)(C)C)=C2C=CCC=C12. The maximum absolute atomic E-state index is 6.04. The molecule has 0 radical (unpaired) electrons. The van der Waals surface area contributed by atoms with Crippen LogP contribution in [0.5, 0.6) is 0 Å². The monoisotopic (exact) mass is 620 g/mol. The Morgan fingerprint density at radius 3 is 2.26 bits per heavy atom. The number of hydrogen-bond acceptors (Lipinski definition) is 1. The van der Waals surface area contributed by atoms with Gasteiger partial charge in [-0.15, -0.1) is 0 Å². The number of rotatable bonds is 13. The van der Waals surface area contributed by atoms with Gasteiger partial charge in [-0.05, 0) is 93.0 Å². The number of hydrogen-bond donors (Lipinski definition) is 0. The van der Waals surface area contributed by atoms with Gasteiger partial charge < -0.3 is 4.74 Å². The van der Waals surface area contributed by atoms with Crippen molar-refractivity contribution < 1.29 is 4.74 Å². The molecule has 5 atom stereocenters. The van der Waals surface area contributed by atoms with E-state index in [0.29, 0.717) is 0 Å². The summed E-state index contributed by atoms with van der Waals surface area (Å²) in [6.07, 6.45) is 25.9. The lowest BCUT2D eigenvalue weighted by molar-refractivity contribution is -0.00471. The normalized spacial score (nSPS) is 27.5. The smallest absolute Gasteiger partial charge is 0.0881 e. The molecular formula is C38H64OSi3. The van der Waals surface area contributed by atoms with E-state index in [-0.39, 0.29) is 5.60 Å². The van der Waals surface area contributed by atoms with E-state index in [0.717, 1.165) is 36.3 Å². The maximum atomic E-state index is 6.04. The van der Waals surface area contributed by atoms with E-state index in [2.05, 4.69) is 116 Å². The molecule has 5 unspecified atom stereocenters. The zero-order valence-electron chi connectivity index (χ0n) is 29.3. The van der Waals surface area contributed by atoms with Gasteiger partial charge in [0.2, 0.25) is 0 Å². The fraction of sp³-hybridized carbons (Fsp3) is 0.684. The average molecular weight is 621 g/mol. The zero-order valence-corrected chi connectivity index (χ0v) is 32.3. The van der Waals surface area contributed by atoms with Crippen molar-refractivity contribution >= 4 is 24.2 Å². The largest absolute Gasteiger partial charge is 0.376 e. The van der Waals surface area contributed by atoms with Crippen molar-refractivity contribution in [1.29, 1.82) is 0 Å². The van der Waals surface area contributed by atoms with Gasteiger partial charge in [-0.2, -0.15) is 0 Å². The first-order valence-electron chi connectivity index (χ1n) is 17.3. The number of fused-ring (bicyclic) bond motifs is 2. The molecule has 4 aliphatic carbocycles. The molecule has 0 aliphatic heterocycles. The molecule has 0 saturated heterocycles. The third-order valence-corrected chi connectivity index (χ3v) is 18.7. The Kier molecular flexibility index (Phi) is 10.7. The lowest BCUT2D eigenvalue weighted by Gasteiger charge is -2.40. The fourth-order valence-electron chi connectivity index (χ4n) is 8.52. The van der Waals surface area contributed by atoms with Crippen molar-refractivity contribution in [1.82, 2.24) is 0 Å². The van der Waals surface area contributed by atoms with Crippen LogP contribution in [0.3, 0.4) is 0 Å². The molecule has 0 aromatic heterocycles. The first kappa shape index (κ1) is 33.9. The first-order valence-corrected chi connectivity index (χ1v) is 27.5. The minimum Gasteiger partial charge on any atom is -0.376 e. The molecule has 0 aromatic carbocycles. The van der Waals surface area contributed by atoms with Crippen LogP contribution in [-0.2, 0) is 4.74 Å². The summed E-state index contributed by atoms with van der Waals surface area (Å²) in [6.45, 7) is 28.1. The molecule has 4 rings (SSSR count). The lowest BCUT2D eigenvalue weighted by Crippen LogP contribution is -2.42. The molecule has 0 heterocycles. The number of allylic oxidation sites excluding steroid dienone is 12. The van der Waals surface area contributed by atoms with Crippen LogP contribution < -0.4 is 0 Å². The van der Waals surface area contributed by atoms with E-state index in [1.165, 1.54) is 55.8 Å². The van der Waals surface area contributed by atoms with E-state index >= 15 is 0 Å². The van der Waals surface area contributed by atoms with Crippen LogP contribution in [0.15, 0.2) is 70.0 Å². The quantitative estimate of drug-likeness (QED) is 0.147. The Morgan fingerprint density at radius 2 is 1.60 bits per heavy atom. The summed E-state index contributed by atoms with van der Waals surface area (Å²) < 4.78 is 6.04. The molecule has 4 aliphatic rings. The van der Waals surface area contributed by atoms with Crippen LogP contribution >= 0.6 is 0 Å². The molecule has 1 nitrogen and oxygen atoms in total. The molecule has 0 amide bonds. The molecule has 0 bridgehead atoms. The Labute approximate surface area is 263 Å². The number of ether oxygens (including phenoxy) is 1. The van der Waals surface area contributed by atoms with Gasteiger partial charge in [0, 0.05) is 22.8 Å². The Hall–Kier alpha value is -0.949. The van der Waals surface area contributed by atoms with E-state index in [1.807, 2.05) is 5.20 Å². The van der Waals surface area contributed by atoms with Gasteiger partial charge in [-0.1, -0.05) is 130 Å². The molecule has 1 saturated carbocycles. The van der Waals surface area contributed by atoms with Crippen LogP contribution in [0.2, 0.25) is 69.5 Å². The Balaban J connectivity index is 1.65. The van der Waals surface area contributed by atoms with Gasteiger partial charge in [-0.3, -0.25) is 0 Å². The van der Waals surface area contributed by atoms with Crippen molar-refractivity contribution in [3.63, 3.8) is 0 Å². The van der Waals surface area contributed by atoms with E-state index < -0.39 is 24.2 Å². The predicted octanol–water partition coefficient (Wildman–Crippen LogP) is 11.9. The van der Waals surface area contributed by atoms with Crippen molar-refractivity contribution in [3.8, 4) is 0 Å². The second-order valence-electron chi connectivity index (χ2n) is 17.8. The van der Waals surface area contributed by atoms with Crippen molar-refractivity contribution in [3.05, 3.63) is 70.0 Å². The average Bonchev–Trinajstić information content (AvgIpc) is 3.39. The number of unbranched alkanes of at least 4 members (excludes halogenated alkanes) is 3. The molecule has 1 fully saturated rings. The topological polar surface area (TPSA) is 9.23 Å².